The molecule has 0 saturated carbocycles. The first kappa shape index (κ1) is 55.5. The number of esters is 1. The molecule has 6 heteroatoms. The number of fused-ring (bicyclic) bond motifs is 3. The first-order valence-corrected chi connectivity index (χ1v) is 43.6. The number of ether oxygens (including phenoxy) is 1. The number of unbranched alkanes of at least 4 members (excludes halogenated alkanes) is 18. The molecule has 0 amide bonds. The van der Waals surface area contributed by atoms with Crippen molar-refractivity contribution in [3.8, 4) is 0 Å². The molecule has 0 saturated heterocycles. The number of hydrogen-bond acceptors (Lipinski definition) is 4. The quantitative estimate of drug-likeness (QED) is 0.0323. The number of carbonyl (C=O) groups excluding carboxylic acids is 1. The maximum absolute atomic E-state index is 14.8. The molecule has 1 aromatic carbocycles. The molecule has 2 heterocycles. The summed E-state index contributed by atoms with van der Waals surface area (Å²) in [7, 11) is 0. The SMILES string of the molecule is CCCCCCCCCCC(CCCCCCCC)COC(=O)c1cc2c[c]([Sn]([CH2]CCC)([CH2]CCC)[CH2]CCC)sc2c2s[c]([Sn]([CH2]CCC)([CH2]CCC)[CH2]CCC)cc12. The second-order valence-electron chi connectivity index (χ2n) is 19.8. The van der Waals surface area contributed by atoms with E-state index in [4.69, 9.17) is 4.74 Å². The fourth-order valence-corrected chi connectivity index (χ4v) is 51.0. The van der Waals surface area contributed by atoms with Crippen molar-refractivity contribution in [3.63, 3.8) is 0 Å². The third-order valence-electron chi connectivity index (χ3n) is 14.5. The van der Waals surface area contributed by atoms with Crippen LogP contribution in [0.15, 0.2) is 18.2 Å². The van der Waals surface area contributed by atoms with E-state index >= 15 is 0 Å². The first-order valence-electron chi connectivity index (χ1n) is 27.0. The summed E-state index contributed by atoms with van der Waals surface area (Å²) in [5, 5.41) is 2.61. The van der Waals surface area contributed by atoms with Gasteiger partial charge in [0.1, 0.15) is 0 Å². The van der Waals surface area contributed by atoms with Crippen LogP contribution in [0.4, 0.5) is 0 Å². The first-order chi connectivity index (χ1) is 29.8. The summed E-state index contributed by atoms with van der Waals surface area (Å²) >= 11 is -1.05. The second-order valence-corrected chi connectivity index (χ2v) is 50.2. The van der Waals surface area contributed by atoms with Crippen molar-refractivity contribution in [3.05, 3.63) is 23.8 Å². The molecule has 3 aromatic rings. The van der Waals surface area contributed by atoms with E-state index in [2.05, 4.69) is 96.3 Å². The summed E-state index contributed by atoms with van der Waals surface area (Å²) in [6.07, 6.45) is 37.2. The van der Waals surface area contributed by atoms with Crippen molar-refractivity contribution in [2.75, 3.05) is 6.61 Å². The average molecular weight is 1090 g/mol. The molecule has 0 bridgehead atoms. The van der Waals surface area contributed by atoms with Crippen LogP contribution in [0, 0.1) is 5.92 Å². The van der Waals surface area contributed by atoms with Gasteiger partial charge >= 0.3 is 334 Å². The van der Waals surface area contributed by atoms with Crippen LogP contribution < -0.4 is 5.79 Å². The number of benzene rings is 1. The second kappa shape index (κ2) is 32.8. The summed E-state index contributed by atoms with van der Waals surface area (Å²) in [4.78, 5) is 14.8. The average Bonchev–Trinajstić information content (AvgIpc) is 3.93. The Morgan fingerprint density at radius 1 is 0.459 bits per heavy atom. The van der Waals surface area contributed by atoms with Crippen molar-refractivity contribution < 1.29 is 9.53 Å². The van der Waals surface area contributed by atoms with Gasteiger partial charge in [-0.2, -0.15) is 0 Å². The Morgan fingerprint density at radius 2 is 0.820 bits per heavy atom. The fourth-order valence-electron chi connectivity index (χ4n) is 10.3. The van der Waals surface area contributed by atoms with Gasteiger partial charge in [0.2, 0.25) is 0 Å². The van der Waals surface area contributed by atoms with E-state index in [9.17, 15) is 4.79 Å². The molecule has 3 rings (SSSR count). The third-order valence-corrected chi connectivity index (χ3v) is 53.4. The van der Waals surface area contributed by atoms with Gasteiger partial charge in [-0.05, 0) is 0 Å². The summed E-state index contributed by atoms with van der Waals surface area (Å²) in [6, 6.07) is 7.63. The van der Waals surface area contributed by atoms with Gasteiger partial charge in [0.25, 0.3) is 0 Å². The van der Waals surface area contributed by atoms with Crippen molar-refractivity contribution in [1.82, 2.24) is 0 Å². The van der Waals surface area contributed by atoms with Crippen molar-refractivity contribution >= 4 is 91.4 Å². The van der Waals surface area contributed by atoms with Crippen LogP contribution in [0.1, 0.15) is 246 Å². The molecule has 0 fully saturated rings. The zero-order chi connectivity index (χ0) is 44.2. The summed E-state index contributed by atoms with van der Waals surface area (Å²) in [5.41, 5.74) is 0.887. The van der Waals surface area contributed by atoms with Crippen molar-refractivity contribution in [1.29, 1.82) is 0 Å². The van der Waals surface area contributed by atoms with Crippen LogP contribution in [0.2, 0.25) is 26.6 Å². The molecule has 2 nitrogen and oxygen atoms in total. The van der Waals surface area contributed by atoms with E-state index in [1.165, 1.54) is 227 Å². The minimum absolute atomic E-state index is 0.0397. The van der Waals surface area contributed by atoms with E-state index in [-0.39, 0.29) is 5.97 Å². The van der Waals surface area contributed by atoms with E-state index in [1.54, 1.807) is 2.89 Å². The molecule has 0 spiro atoms. The number of rotatable bonds is 39. The van der Waals surface area contributed by atoms with Gasteiger partial charge in [0, 0.05) is 0 Å². The van der Waals surface area contributed by atoms with Crippen LogP contribution in [0.25, 0.3) is 20.2 Å². The van der Waals surface area contributed by atoms with Crippen LogP contribution in [0.5, 0.6) is 0 Å². The molecule has 0 radical (unpaired) electrons. The fraction of sp³-hybridized carbons (Fsp3) is 0.800. The Bertz CT molecular complexity index is 1530. The zero-order valence-electron chi connectivity index (χ0n) is 41.7. The van der Waals surface area contributed by atoms with E-state index in [1.807, 2.05) is 2.89 Å². The Morgan fingerprint density at radius 3 is 1.23 bits per heavy atom. The van der Waals surface area contributed by atoms with Crippen molar-refractivity contribution in [2.24, 2.45) is 5.92 Å². The third kappa shape index (κ3) is 18.4. The van der Waals surface area contributed by atoms with Crippen LogP contribution in [0.3, 0.4) is 0 Å². The zero-order valence-corrected chi connectivity index (χ0v) is 49.0. The Kier molecular flexibility index (Phi) is 29.9. The Labute approximate surface area is 395 Å². The van der Waals surface area contributed by atoms with Gasteiger partial charge in [-0.3, -0.25) is 0 Å². The topological polar surface area (TPSA) is 26.3 Å². The standard InChI is InChI=1S/C31H44O2S2.6C4H9.2Sn/c1-3-5-7-9-11-12-14-16-18-25(17-15-13-10-8-6-4-2)24-33-31(32)28-23-26-19-21-34-29(26)30-27(28)20-22-35-30;6*1-3-4-2;;/h19-20,23,25H,3-18,24H2,1-2H3;6*1,3-4H2,2H3;;. The monoisotopic (exact) mass is 1090 g/mol. The van der Waals surface area contributed by atoms with Gasteiger partial charge in [-0.25, -0.2) is 0 Å². The van der Waals surface area contributed by atoms with E-state index in [0.29, 0.717) is 12.5 Å². The summed E-state index contributed by atoms with van der Waals surface area (Å²) in [6.45, 7) is 19.6. The van der Waals surface area contributed by atoms with E-state index in [0.717, 1.165) is 5.56 Å². The van der Waals surface area contributed by atoms with Crippen LogP contribution in [-0.2, 0) is 4.74 Å². The molecule has 350 valence electrons. The summed E-state index contributed by atoms with van der Waals surface area (Å²) in [5.74, 6) is 0.439. The molecule has 0 aliphatic rings. The van der Waals surface area contributed by atoms with Gasteiger partial charge in [0.05, 0.1) is 0 Å². The van der Waals surface area contributed by atoms with Gasteiger partial charge in [-0.1, -0.05) is 65.2 Å². The molecule has 1 atom stereocenters. The van der Waals surface area contributed by atoms with Gasteiger partial charge in [0.15, 0.2) is 0 Å². The predicted octanol–water partition coefficient (Wildman–Crippen LogP) is 19.3. The Hall–Kier alpha value is 0.207. The van der Waals surface area contributed by atoms with Crippen LogP contribution >= 0.6 is 22.7 Å². The molecule has 2 aromatic heterocycles. The van der Waals surface area contributed by atoms with E-state index < -0.39 is 36.8 Å². The number of carbonyl (C=O) groups is 1. The summed E-state index contributed by atoms with van der Waals surface area (Å²) < 4.78 is 22.0. The Balaban J connectivity index is 2.10. The predicted molar refractivity (Wildman–Crippen MR) is 285 cm³/mol. The van der Waals surface area contributed by atoms with Crippen molar-refractivity contribution in [2.45, 2.75) is 262 Å². The van der Waals surface area contributed by atoms with Gasteiger partial charge < -0.3 is 0 Å². The maximum atomic E-state index is 14.8. The molecule has 0 aliphatic heterocycles. The molecule has 1 unspecified atom stereocenters. The molecule has 61 heavy (non-hydrogen) atoms. The molecular formula is C55H98O2S2Sn2. The number of thiophene rings is 2. The van der Waals surface area contributed by atoms with Gasteiger partial charge in [-0.15, -0.1) is 0 Å². The molecule has 0 N–H and O–H groups in total. The number of hydrogen-bond donors (Lipinski definition) is 0. The molecular weight excluding hydrogens is 994 g/mol. The minimum atomic E-state index is -2.76. The van der Waals surface area contributed by atoms with Crippen LogP contribution in [-0.4, -0.2) is 49.3 Å². The molecule has 0 aliphatic carbocycles. The normalized spacial score (nSPS) is 12.9.